The van der Waals surface area contributed by atoms with Gasteiger partial charge < -0.3 is 0 Å². The Morgan fingerprint density at radius 3 is 1.86 bits per heavy atom. The second-order valence-electron chi connectivity index (χ2n) is 4.16. The maximum absolute atomic E-state index is 12.5. The Morgan fingerprint density at radius 2 is 1.50 bits per heavy atom. The van der Waals surface area contributed by atoms with Crippen molar-refractivity contribution in [3.8, 4) is 0 Å². The highest BCUT2D eigenvalue weighted by Crippen LogP contribution is 2.35. The number of hydrogen-bond acceptors (Lipinski definition) is 0. The van der Waals surface area contributed by atoms with Gasteiger partial charge in [-0.3, -0.25) is 0 Å². The Balaban J connectivity index is 4.09. The van der Waals surface area contributed by atoms with Crippen LogP contribution in [-0.4, -0.2) is 6.18 Å². The number of alkyl halides is 3. The van der Waals surface area contributed by atoms with Gasteiger partial charge in [0.05, 0.1) is 5.92 Å². The van der Waals surface area contributed by atoms with Gasteiger partial charge in [0.15, 0.2) is 0 Å². The predicted octanol–water partition coefficient (Wildman–Crippen LogP) is 4.79. The molecule has 0 saturated heterocycles. The minimum Gasteiger partial charge on any atom is -0.171 e. The highest BCUT2D eigenvalue weighted by Gasteiger charge is 2.38. The second kappa shape index (κ2) is 6.31. The van der Waals surface area contributed by atoms with E-state index in [1.165, 1.54) is 0 Å². The predicted molar refractivity (Wildman–Crippen MR) is 53.1 cm³/mol. The molecular weight excluding hydrogens is 189 g/mol. The van der Waals surface area contributed by atoms with E-state index in [9.17, 15) is 13.2 Å². The van der Waals surface area contributed by atoms with Crippen LogP contribution in [0, 0.1) is 11.8 Å². The Labute approximate surface area is 84.9 Å². The fourth-order valence-electron chi connectivity index (χ4n) is 1.86. The van der Waals surface area contributed by atoms with Crippen LogP contribution in [0.1, 0.15) is 52.9 Å². The Hall–Kier alpha value is -0.210. The van der Waals surface area contributed by atoms with E-state index in [1.807, 2.05) is 20.8 Å². The first-order chi connectivity index (χ1) is 6.41. The molecule has 2 unspecified atom stereocenters. The lowest BCUT2D eigenvalue weighted by Gasteiger charge is -2.22. The minimum atomic E-state index is -4.00. The van der Waals surface area contributed by atoms with Gasteiger partial charge in [-0.25, -0.2) is 0 Å². The van der Waals surface area contributed by atoms with Crippen LogP contribution in [0.15, 0.2) is 0 Å². The fourth-order valence-corrected chi connectivity index (χ4v) is 1.86. The molecule has 0 spiro atoms. The third-order valence-corrected chi connectivity index (χ3v) is 2.57. The zero-order chi connectivity index (χ0) is 11.2. The first kappa shape index (κ1) is 13.8. The van der Waals surface area contributed by atoms with Crippen molar-refractivity contribution >= 4 is 0 Å². The average molecular weight is 210 g/mol. The highest BCUT2D eigenvalue weighted by atomic mass is 19.4. The van der Waals surface area contributed by atoms with Gasteiger partial charge in [0.2, 0.25) is 0 Å². The molecule has 0 N–H and O–H groups in total. The first-order valence-electron chi connectivity index (χ1n) is 5.48. The average Bonchev–Trinajstić information content (AvgIpc) is 2.02. The molecule has 0 aromatic rings. The number of hydrogen-bond donors (Lipinski definition) is 0. The fraction of sp³-hybridized carbons (Fsp3) is 1.00. The lowest BCUT2D eigenvalue weighted by atomic mass is 9.89. The Bertz CT molecular complexity index is 140. The summed E-state index contributed by atoms with van der Waals surface area (Å²) in [5, 5.41) is 0. The zero-order valence-electron chi connectivity index (χ0n) is 9.32. The van der Waals surface area contributed by atoms with Crippen LogP contribution in [-0.2, 0) is 0 Å². The molecule has 0 saturated carbocycles. The smallest absolute Gasteiger partial charge is 0.171 e. The van der Waals surface area contributed by atoms with Crippen molar-refractivity contribution in [2.24, 2.45) is 11.8 Å². The van der Waals surface area contributed by atoms with Gasteiger partial charge in [-0.05, 0) is 18.8 Å². The summed E-state index contributed by atoms with van der Waals surface area (Å²) >= 11 is 0. The maximum Gasteiger partial charge on any atom is 0.391 e. The van der Waals surface area contributed by atoms with Crippen LogP contribution in [0.3, 0.4) is 0 Å². The second-order valence-corrected chi connectivity index (χ2v) is 4.16. The summed E-state index contributed by atoms with van der Waals surface area (Å²) in [5.74, 6) is -0.896. The van der Waals surface area contributed by atoms with Crippen molar-refractivity contribution in [1.82, 2.24) is 0 Å². The van der Waals surface area contributed by atoms with E-state index in [0.29, 0.717) is 12.8 Å². The van der Waals surface area contributed by atoms with Crippen molar-refractivity contribution in [2.45, 2.75) is 59.1 Å². The van der Waals surface area contributed by atoms with Crippen LogP contribution in [0.5, 0.6) is 0 Å². The number of rotatable bonds is 6. The molecule has 0 aliphatic rings. The van der Waals surface area contributed by atoms with Crippen LogP contribution in [0.4, 0.5) is 13.2 Å². The van der Waals surface area contributed by atoms with Gasteiger partial charge in [-0.1, -0.05) is 40.0 Å². The molecule has 0 aromatic carbocycles. The molecule has 0 nitrogen and oxygen atoms in total. The van der Waals surface area contributed by atoms with E-state index < -0.39 is 12.1 Å². The summed E-state index contributed by atoms with van der Waals surface area (Å²) < 4.78 is 37.5. The molecule has 0 fully saturated rings. The summed E-state index contributed by atoms with van der Waals surface area (Å²) in [5.41, 5.74) is 0. The van der Waals surface area contributed by atoms with Crippen LogP contribution < -0.4 is 0 Å². The molecule has 86 valence electrons. The lowest BCUT2D eigenvalue weighted by molar-refractivity contribution is -0.180. The van der Waals surface area contributed by atoms with Crippen LogP contribution in [0.25, 0.3) is 0 Å². The van der Waals surface area contributed by atoms with Crippen molar-refractivity contribution in [2.75, 3.05) is 0 Å². The van der Waals surface area contributed by atoms with E-state index in [1.54, 1.807) is 0 Å². The zero-order valence-corrected chi connectivity index (χ0v) is 9.32. The molecule has 0 amide bonds. The van der Waals surface area contributed by atoms with Gasteiger partial charge in [0.1, 0.15) is 0 Å². The molecule has 0 radical (unpaired) electrons. The largest absolute Gasteiger partial charge is 0.391 e. The third-order valence-electron chi connectivity index (χ3n) is 2.57. The molecule has 0 heterocycles. The van der Waals surface area contributed by atoms with Crippen molar-refractivity contribution in [3.63, 3.8) is 0 Å². The summed E-state index contributed by atoms with van der Waals surface area (Å²) in [4.78, 5) is 0. The summed E-state index contributed by atoms with van der Waals surface area (Å²) in [6.45, 7) is 5.74. The van der Waals surface area contributed by atoms with Crippen molar-refractivity contribution in [1.29, 1.82) is 0 Å². The normalized spacial score (nSPS) is 16.7. The molecule has 0 rings (SSSR count). The summed E-state index contributed by atoms with van der Waals surface area (Å²) in [6, 6.07) is 0. The maximum atomic E-state index is 12.5. The quantitative estimate of drug-likeness (QED) is 0.591. The molecule has 0 aromatic heterocycles. The van der Waals surface area contributed by atoms with Crippen molar-refractivity contribution in [3.05, 3.63) is 0 Å². The van der Waals surface area contributed by atoms with Crippen molar-refractivity contribution < 1.29 is 13.2 Å². The van der Waals surface area contributed by atoms with E-state index in [-0.39, 0.29) is 12.3 Å². The van der Waals surface area contributed by atoms with Gasteiger partial charge in [0, 0.05) is 0 Å². The molecule has 14 heavy (non-hydrogen) atoms. The Kier molecular flexibility index (Phi) is 6.21. The standard InChI is InChI=1S/C11H21F3/c1-4-6-9(3)8-10(7-5-2)11(12,13)14/h9-10H,4-8H2,1-3H3. The van der Waals surface area contributed by atoms with E-state index in [4.69, 9.17) is 0 Å². The molecule has 0 bridgehead atoms. The lowest BCUT2D eigenvalue weighted by Crippen LogP contribution is -2.24. The highest BCUT2D eigenvalue weighted by molar-refractivity contribution is 4.70. The van der Waals surface area contributed by atoms with Gasteiger partial charge >= 0.3 is 6.18 Å². The number of halogens is 3. The van der Waals surface area contributed by atoms with Gasteiger partial charge in [-0.2, -0.15) is 13.2 Å². The van der Waals surface area contributed by atoms with E-state index in [2.05, 4.69) is 0 Å². The van der Waals surface area contributed by atoms with E-state index >= 15 is 0 Å². The third kappa shape index (κ3) is 5.51. The molecule has 0 aliphatic carbocycles. The molecule has 3 heteroatoms. The van der Waals surface area contributed by atoms with Crippen LogP contribution >= 0.6 is 0 Å². The van der Waals surface area contributed by atoms with E-state index in [0.717, 1.165) is 12.8 Å². The summed E-state index contributed by atoms with van der Waals surface area (Å²) in [7, 11) is 0. The van der Waals surface area contributed by atoms with Crippen LogP contribution in [0.2, 0.25) is 0 Å². The minimum absolute atomic E-state index is 0.193. The first-order valence-corrected chi connectivity index (χ1v) is 5.48. The topological polar surface area (TPSA) is 0 Å². The molecule has 0 aliphatic heterocycles. The molecular formula is C11H21F3. The molecule has 2 atom stereocenters. The SMILES string of the molecule is CCCC(C)CC(CCC)C(F)(F)F. The summed E-state index contributed by atoms with van der Waals surface area (Å²) in [6.07, 6.45) is -0.946. The van der Waals surface area contributed by atoms with Gasteiger partial charge in [0.25, 0.3) is 0 Å². The Morgan fingerprint density at radius 1 is 1.00 bits per heavy atom. The van der Waals surface area contributed by atoms with Gasteiger partial charge in [-0.15, -0.1) is 0 Å². The monoisotopic (exact) mass is 210 g/mol.